The lowest BCUT2D eigenvalue weighted by atomic mass is 10.2. The van der Waals surface area contributed by atoms with Gasteiger partial charge in [-0.2, -0.15) is 0 Å². The number of aliphatic hydroxyl groups is 1. The molecule has 0 radical (unpaired) electrons. The summed E-state index contributed by atoms with van der Waals surface area (Å²) in [7, 11) is 3.65. The average molecular weight is 340 g/mol. The van der Waals surface area contributed by atoms with Crippen LogP contribution in [0.25, 0.3) is 6.08 Å². The second-order valence-corrected chi connectivity index (χ2v) is 5.74. The van der Waals surface area contributed by atoms with Crippen LogP contribution in [0.15, 0.2) is 43.0 Å². The predicted octanol–water partition coefficient (Wildman–Crippen LogP) is 3.40. The molecule has 1 aromatic carbocycles. The molecule has 4 nitrogen and oxygen atoms in total. The fraction of sp³-hybridized carbons (Fsp3) is 0.389. The molecule has 2 unspecified atom stereocenters. The van der Waals surface area contributed by atoms with Gasteiger partial charge in [-0.05, 0) is 39.6 Å². The van der Waals surface area contributed by atoms with E-state index in [9.17, 15) is 4.79 Å². The van der Waals surface area contributed by atoms with Crippen LogP contribution in [0.4, 0.5) is 0 Å². The largest absolute Gasteiger partial charge is 0.458 e. The molecule has 128 valence electrons. The Balaban J connectivity index is 0.000000459. The van der Waals surface area contributed by atoms with Gasteiger partial charge in [0.05, 0.1) is 12.6 Å². The van der Waals surface area contributed by atoms with Gasteiger partial charge < -0.3 is 14.7 Å². The lowest BCUT2D eigenvalue weighted by molar-refractivity contribution is -0.146. The molecule has 0 aliphatic carbocycles. The lowest BCUT2D eigenvalue weighted by Crippen LogP contribution is -2.42. The van der Waals surface area contributed by atoms with E-state index in [1.807, 2.05) is 43.3 Å². The average Bonchev–Trinajstić information content (AvgIpc) is 2.48. The highest BCUT2D eigenvalue weighted by Crippen LogP contribution is 2.14. The molecular formula is C18H26ClNO3. The molecule has 0 bridgehead atoms. The molecule has 0 spiro atoms. The van der Waals surface area contributed by atoms with Crippen LogP contribution in [0.1, 0.15) is 19.4 Å². The lowest BCUT2D eigenvalue weighted by Gasteiger charge is -2.27. The molecule has 5 heteroatoms. The van der Waals surface area contributed by atoms with Crippen molar-refractivity contribution in [1.82, 2.24) is 4.90 Å². The highest BCUT2D eigenvalue weighted by Gasteiger charge is 2.22. The van der Waals surface area contributed by atoms with Crippen LogP contribution < -0.4 is 0 Å². The molecule has 1 aromatic rings. The molecular weight excluding hydrogens is 314 g/mol. The van der Waals surface area contributed by atoms with Gasteiger partial charge in [-0.3, -0.25) is 0 Å². The van der Waals surface area contributed by atoms with E-state index in [2.05, 4.69) is 13.2 Å². The molecule has 0 saturated carbocycles. The number of esters is 1. The van der Waals surface area contributed by atoms with Crippen molar-refractivity contribution in [2.45, 2.75) is 26.0 Å². The van der Waals surface area contributed by atoms with Gasteiger partial charge in [0.25, 0.3) is 0 Å². The standard InChI is InChI=1S/C10H19NO3.C8H7Cl/c1-7(2)10(13)14-8(3)9(6-12)11(4)5;1-2-7-5-3-4-6-8(7)9/h8-9,12H,1,6H2,2-5H3;2-6H,1H2. The third kappa shape index (κ3) is 7.98. The van der Waals surface area contributed by atoms with Crippen LogP contribution in [-0.4, -0.2) is 48.8 Å². The zero-order valence-corrected chi connectivity index (χ0v) is 15.0. The van der Waals surface area contributed by atoms with Crippen LogP contribution in [0.2, 0.25) is 5.02 Å². The van der Waals surface area contributed by atoms with Crippen LogP contribution >= 0.6 is 11.6 Å². The number of hydrogen-bond donors (Lipinski definition) is 1. The first-order chi connectivity index (χ1) is 10.7. The van der Waals surface area contributed by atoms with E-state index in [4.69, 9.17) is 21.4 Å². The number of carbonyl (C=O) groups excluding carboxylic acids is 1. The van der Waals surface area contributed by atoms with E-state index in [-0.39, 0.29) is 18.8 Å². The number of rotatable bonds is 6. The van der Waals surface area contributed by atoms with Gasteiger partial charge in [-0.1, -0.05) is 49.0 Å². The van der Waals surface area contributed by atoms with E-state index in [0.717, 1.165) is 10.6 Å². The van der Waals surface area contributed by atoms with E-state index in [1.54, 1.807) is 19.9 Å². The number of nitrogens with zero attached hydrogens (tertiary/aromatic N) is 1. The van der Waals surface area contributed by atoms with Crippen molar-refractivity contribution in [3.8, 4) is 0 Å². The first kappa shape index (κ1) is 21.4. The Kier molecular flexibility index (Phi) is 10.2. The Labute approximate surface area is 144 Å². The normalized spacial score (nSPS) is 12.7. The fourth-order valence-corrected chi connectivity index (χ4v) is 1.93. The van der Waals surface area contributed by atoms with Crippen molar-refractivity contribution in [2.75, 3.05) is 20.7 Å². The summed E-state index contributed by atoms with van der Waals surface area (Å²) < 4.78 is 5.09. The molecule has 0 amide bonds. The molecule has 0 saturated heterocycles. The quantitative estimate of drug-likeness (QED) is 0.637. The summed E-state index contributed by atoms with van der Waals surface area (Å²) in [6.07, 6.45) is 1.39. The second-order valence-electron chi connectivity index (χ2n) is 5.33. The predicted molar refractivity (Wildman–Crippen MR) is 96.5 cm³/mol. The molecule has 1 N–H and O–H groups in total. The number of likely N-dealkylation sites (N-methyl/N-ethyl adjacent to an activating group) is 1. The minimum absolute atomic E-state index is 0.0440. The summed E-state index contributed by atoms with van der Waals surface area (Å²) in [5.41, 5.74) is 1.35. The number of carbonyl (C=O) groups is 1. The van der Waals surface area contributed by atoms with Gasteiger partial charge in [-0.15, -0.1) is 0 Å². The van der Waals surface area contributed by atoms with Gasteiger partial charge in [0.1, 0.15) is 6.10 Å². The topological polar surface area (TPSA) is 49.8 Å². The second kappa shape index (κ2) is 11.0. The minimum Gasteiger partial charge on any atom is -0.458 e. The summed E-state index contributed by atoms with van der Waals surface area (Å²) in [4.78, 5) is 13.0. The first-order valence-corrected chi connectivity index (χ1v) is 7.63. The van der Waals surface area contributed by atoms with Gasteiger partial charge in [0, 0.05) is 10.6 Å². The molecule has 1 rings (SSSR count). The van der Waals surface area contributed by atoms with Crippen molar-refractivity contribution in [3.63, 3.8) is 0 Å². The maximum Gasteiger partial charge on any atom is 0.333 e. The van der Waals surface area contributed by atoms with E-state index >= 15 is 0 Å². The highest BCUT2D eigenvalue weighted by molar-refractivity contribution is 6.32. The van der Waals surface area contributed by atoms with Crippen molar-refractivity contribution in [2.24, 2.45) is 0 Å². The summed E-state index contributed by atoms with van der Waals surface area (Å²) >= 11 is 5.75. The van der Waals surface area contributed by atoms with Gasteiger partial charge in [0.2, 0.25) is 0 Å². The Hall–Kier alpha value is -1.62. The van der Waals surface area contributed by atoms with Crippen molar-refractivity contribution < 1.29 is 14.6 Å². The van der Waals surface area contributed by atoms with Crippen molar-refractivity contribution in [1.29, 1.82) is 0 Å². The van der Waals surface area contributed by atoms with Gasteiger partial charge >= 0.3 is 5.97 Å². The SMILES string of the molecule is C=C(C)C(=O)OC(C)C(CO)N(C)C.C=Cc1ccccc1Cl. The van der Waals surface area contributed by atoms with Crippen LogP contribution in [0.5, 0.6) is 0 Å². The number of aliphatic hydroxyl groups excluding tert-OH is 1. The minimum atomic E-state index is -0.419. The van der Waals surface area contributed by atoms with Crippen molar-refractivity contribution >= 4 is 23.6 Å². The van der Waals surface area contributed by atoms with Crippen molar-refractivity contribution in [3.05, 3.63) is 53.6 Å². The molecule has 0 aliphatic rings. The first-order valence-electron chi connectivity index (χ1n) is 7.25. The van der Waals surface area contributed by atoms with Gasteiger partial charge in [0.15, 0.2) is 0 Å². The maximum absolute atomic E-state index is 11.2. The van der Waals surface area contributed by atoms with E-state index < -0.39 is 5.97 Å². The Bertz CT molecular complexity index is 529. The number of hydrogen-bond acceptors (Lipinski definition) is 4. The highest BCUT2D eigenvalue weighted by atomic mass is 35.5. The third-order valence-electron chi connectivity index (χ3n) is 3.16. The number of halogens is 1. The molecule has 0 aromatic heterocycles. The number of benzene rings is 1. The number of ether oxygens (including phenoxy) is 1. The summed E-state index contributed by atoms with van der Waals surface area (Å²) in [5, 5.41) is 9.82. The Morgan fingerprint density at radius 2 is 2.00 bits per heavy atom. The molecule has 23 heavy (non-hydrogen) atoms. The molecule has 0 aliphatic heterocycles. The van der Waals surface area contributed by atoms with E-state index in [1.165, 1.54) is 0 Å². The molecule has 0 heterocycles. The summed E-state index contributed by atoms with van der Waals surface area (Å²) in [6.45, 7) is 10.4. The van der Waals surface area contributed by atoms with Crippen LogP contribution in [0.3, 0.4) is 0 Å². The summed E-state index contributed by atoms with van der Waals surface area (Å²) in [5.74, 6) is -0.419. The van der Waals surface area contributed by atoms with E-state index in [0.29, 0.717) is 5.57 Å². The zero-order chi connectivity index (χ0) is 18.0. The van der Waals surface area contributed by atoms with Crippen LogP contribution in [0, 0.1) is 0 Å². The van der Waals surface area contributed by atoms with Crippen LogP contribution in [-0.2, 0) is 9.53 Å². The molecule has 2 atom stereocenters. The monoisotopic (exact) mass is 339 g/mol. The third-order valence-corrected chi connectivity index (χ3v) is 3.50. The smallest absolute Gasteiger partial charge is 0.333 e. The zero-order valence-electron chi connectivity index (χ0n) is 14.3. The Morgan fingerprint density at radius 1 is 1.43 bits per heavy atom. The summed E-state index contributed by atoms with van der Waals surface area (Å²) in [6, 6.07) is 7.42. The molecule has 0 fully saturated rings. The van der Waals surface area contributed by atoms with Gasteiger partial charge in [-0.25, -0.2) is 4.79 Å². The maximum atomic E-state index is 11.2. The Morgan fingerprint density at radius 3 is 2.35 bits per heavy atom. The fourth-order valence-electron chi connectivity index (χ4n) is 1.72.